The van der Waals surface area contributed by atoms with Crippen LogP contribution in [0.15, 0.2) is 54.6 Å². The van der Waals surface area contributed by atoms with E-state index in [1.165, 1.54) is 11.6 Å². The summed E-state index contributed by atoms with van der Waals surface area (Å²) in [6.45, 7) is 3.86. The Balaban J connectivity index is 1.92. The van der Waals surface area contributed by atoms with Gasteiger partial charge in [0.1, 0.15) is 0 Å². The van der Waals surface area contributed by atoms with Gasteiger partial charge in [-0.05, 0) is 62.0 Å². The molecule has 0 aromatic heterocycles. The Kier molecular flexibility index (Phi) is 7.23. The first-order chi connectivity index (χ1) is 12.1. The van der Waals surface area contributed by atoms with Crippen molar-refractivity contribution < 1.29 is 9.53 Å². The first-order valence-corrected chi connectivity index (χ1v) is 8.48. The standard InChI is InChI=1S/C21H26N2O2/c1-4-25-21(24)13-10-17-6-5-7-19(14-17)15-22-20-11-8-18(9-12-20)16-23(2)3/h5-14,22H,4,15-16H2,1-3H3/b13-10+. The molecule has 25 heavy (non-hydrogen) atoms. The van der Waals surface area contributed by atoms with Crippen LogP contribution < -0.4 is 5.32 Å². The third-order valence-electron chi connectivity index (χ3n) is 3.60. The molecule has 0 saturated carbocycles. The molecule has 0 heterocycles. The Morgan fingerprint density at radius 2 is 1.88 bits per heavy atom. The summed E-state index contributed by atoms with van der Waals surface area (Å²) in [6.07, 6.45) is 3.23. The highest BCUT2D eigenvalue weighted by Crippen LogP contribution is 2.13. The van der Waals surface area contributed by atoms with Gasteiger partial charge in [0.05, 0.1) is 6.61 Å². The second-order valence-electron chi connectivity index (χ2n) is 6.12. The zero-order valence-corrected chi connectivity index (χ0v) is 15.2. The van der Waals surface area contributed by atoms with Crippen LogP contribution in [-0.2, 0) is 22.6 Å². The lowest BCUT2D eigenvalue weighted by Gasteiger charge is -2.11. The lowest BCUT2D eigenvalue weighted by atomic mass is 10.1. The van der Waals surface area contributed by atoms with Crippen molar-refractivity contribution in [1.82, 2.24) is 4.90 Å². The number of rotatable bonds is 8. The van der Waals surface area contributed by atoms with E-state index in [1.807, 2.05) is 12.1 Å². The fraction of sp³-hybridized carbons (Fsp3) is 0.286. The maximum absolute atomic E-state index is 11.4. The first kappa shape index (κ1) is 18.7. The molecule has 2 aromatic carbocycles. The van der Waals surface area contributed by atoms with Crippen LogP contribution in [0.3, 0.4) is 0 Å². The zero-order valence-electron chi connectivity index (χ0n) is 15.2. The lowest BCUT2D eigenvalue weighted by molar-refractivity contribution is -0.137. The molecule has 4 nitrogen and oxygen atoms in total. The van der Waals surface area contributed by atoms with Crippen LogP contribution in [0.25, 0.3) is 6.08 Å². The normalized spacial score (nSPS) is 11.0. The molecule has 0 aliphatic heterocycles. The summed E-state index contributed by atoms with van der Waals surface area (Å²) >= 11 is 0. The zero-order chi connectivity index (χ0) is 18.1. The van der Waals surface area contributed by atoms with Crippen LogP contribution in [-0.4, -0.2) is 31.6 Å². The predicted octanol–water partition coefficient (Wildman–Crippen LogP) is 3.94. The van der Waals surface area contributed by atoms with E-state index in [1.54, 1.807) is 13.0 Å². The van der Waals surface area contributed by atoms with Crippen molar-refractivity contribution in [2.45, 2.75) is 20.0 Å². The predicted molar refractivity (Wildman–Crippen MR) is 103 cm³/mol. The number of benzene rings is 2. The molecule has 0 fully saturated rings. The third-order valence-corrected chi connectivity index (χ3v) is 3.60. The van der Waals surface area contributed by atoms with Crippen molar-refractivity contribution in [2.24, 2.45) is 0 Å². The van der Waals surface area contributed by atoms with E-state index in [9.17, 15) is 4.79 Å². The Hall–Kier alpha value is -2.59. The van der Waals surface area contributed by atoms with Crippen LogP contribution >= 0.6 is 0 Å². The Morgan fingerprint density at radius 1 is 1.12 bits per heavy atom. The molecule has 0 bridgehead atoms. The summed E-state index contributed by atoms with van der Waals surface area (Å²) in [5.41, 5.74) is 4.52. The lowest BCUT2D eigenvalue weighted by Crippen LogP contribution is -2.10. The molecule has 0 amide bonds. The molecule has 0 atom stereocenters. The smallest absolute Gasteiger partial charge is 0.330 e. The van der Waals surface area contributed by atoms with Crippen LogP contribution in [0.4, 0.5) is 5.69 Å². The molecular formula is C21H26N2O2. The van der Waals surface area contributed by atoms with Crippen LogP contribution in [0.1, 0.15) is 23.6 Å². The molecule has 4 heteroatoms. The number of nitrogens with one attached hydrogen (secondary N) is 1. The van der Waals surface area contributed by atoms with Crippen molar-refractivity contribution >= 4 is 17.7 Å². The Bertz CT molecular complexity index is 706. The van der Waals surface area contributed by atoms with Gasteiger partial charge in [-0.25, -0.2) is 4.79 Å². The largest absolute Gasteiger partial charge is 0.463 e. The van der Waals surface area contributed by atoms with Gasteiger partial charge in [-0.3, -0.25) is 0 Å². The quantitative estimate of drug-likeness (QED) is 0.585. The van der Waals surface area contributed by atoms with Crippen molar-refractivity contribution in [3.63, 3.8) is 0 Å². The van der Waals surface area contributed by atoms with Gasteiger partial charge in [0.15, 0.2) is 0 Å². The Labute approximate surface area is 150 Å². The molecule has 132 valence electrons. The van der Waals surface area contributed by atoms with Gasteiger partial charge in [-0.15, -0.1) is 0 Å². The van der Waals surface area contributed by atoms with Gasteiger partial charge < -0.3 is 15.0 Å². The summed E-state index contributed by atoms with van der Waals surface area (Å²) in [6, 6.07) is 16.6. The number of nitrogens with zero attached hydrogens (tertiary/aromatic N) is 1. The topological polar surface area (TPSA) is 41.6 Å². The summed E-state index contributed by atoms with van der Waals surface area (Å²) in [5.74, 6) is -0.316. The van der Waals surface area contributed by atoms with Crippen LogP contribution in [0.2, 0.25) is 0 Å². The minimum Gasteiger partial charge on any atom is -0.463 e. The minimum absolute atomic E-state index is 0.316. The molecule has 2 rings (SSSR count). The molecule has 1 N–H and O–H groups in total. The average molecular weight is 338 g/mol. The monoisotopic (exact) mass is 338 g/mol. The fourth-order valence-corrected chi connectivity index (χ4v) is 2.46. The highest BCUT2D eigenvalue weighted by atomic mass is 16.5. The van der Waals surface area contributed by atoms with Gasteiger partial charge in [-0.1, -0.05) is 30.3 Å². The summed E-state index contributed by atoms with van der Waals surface area (Å²) in [7, 11) is 4.13. The van der Waals surface area contributed by atoms with Crippen LogP contribution in [0, 0.1) is 0 Å². The molecular weight excluding hydrogens is 312 g/mol. The molecule has 0 radical (unpaired) electrons. The Morgan fingerprint density at radius 3 is 2.56 bits per heavy atom. The molecule has 0 unspecified atom stereocenters. The summed E-state index contributed by atoms with van der Waals surface area (Å²) in [5, 5.41) is 3.42. The highest BCUT2D eigenvalue weighted by molar-refractivity contribution is 5.87. The number of esters is 1. The molecule has 0 aliphatic carbocycles. The van der Waals surface area contributed by atoms with E-state index in [0.717, 1.165) is 29.9 Å². The number of hydrogen-bond donors (Lipinski definition) is 1. The van der Waals surface area contributed by atoms with Gasteiger partial charge in [0.25, 0.3) is 0 Å². The van der Waals surface area contributed by atoms with Crippen molar-refractivity contribution in [2.75, 3.05) is 26.0 Å². The van der Waals surface area contributed by atoms with Crippen molar-refractivity contribution in [3.05, 3.63) is 71.3 Å². The fourth-order valence-electron chi connectivity index (χ4n) is 2.46. The van der Waals surface area contributed by atoms with Gasteiger partial charge >= 0.3 is 5.97 Å². The summed E-state index contributed by atoms with van der Waals surface area (Å²) in [4.78, 5) is 13.5. The van der Waals surface area contributed by atoms with Gasteiger partial charge in [0.2, 0.25) is 0 Å². The highest BCUT2D eigenvalue weighted by Gasteiger charge is 1.99. The molecule has 0 saturated heterocycles. The van der Waals surface area contributed by atoms with E-state index < -0.39 is 0 Å². The van der Waals surface area contributed by atoms with E-state index in [0.29, 0.717) is 6.61 Å². The SMILES string of the molecule is CCOC(=O)/C=C/c1cccc(CNc2ccc(CN(C)C)cc2)c1. The maximum Gasteiger partial charge on any atom is 0.330 e. The summed E-state index contributed by atoms with van der Waals surface area (Å²) < 4.78 is 4.89. The third kappa shape index (κ3) is 6.81. The minimum atomic E-state index is -0.316. The van der Waals surface area contributed by atoms with E-state index >= 15 is 0 Å². The van der Waals surface area contributed by atoms with Gasteiger partial charge in [-0.2, -0.15) is 0 Å². The van der Waals surface area contributed by atoms with Gasteiger partial charge in [0, 0.05) is 24.9 Å². The molecule has 2 aromatic rings. The number of carbonyl (C=O) groups is 1. The maximum atomic E-state index is 11.4. The van der Waals surface area contributed by atoms with Crippen molar-refractivity contribution in [3.8, 4) is 0 Å². The number of carbonyl (C=O) groups excluding carboxylic acids is 1. The van der Waals surface area contributed by atoms with E-state index in [2.05, 4.69) is 60.7 Å². The van der Waals surface area contributed by atoms with E-state index in [4.69, 9.17) is 4.74 Å². The number of hydrogen-bond acceptors (Lipinski definition) is 4. The van der Waals surface area contributed by atoms with Crippen LogP contribution in [0.5, 0.6) is 0 Å². The second kappa shape index (κ2) is 9.64. The molecule has 0 spiro atoms. The van der Waals surface area contributed by atoms with E-state index in [-0.39, 0.29) is 5.97 Å². The number of anilines is 1. The number of ether oxygens (including phenoxy) is 1. The van der Waals surface area contributed by atoms with Crippen molar-refractivity contribution in [1.29, 1.82) is 0 Å². The molecule has 0 aliphatic rings. The average Bonchev–Trinajstić information content (AvgIpc) is 2.60. The second-order valence-corrected chi connectivity index (χ2v) is 6.12. The first-order valence-electron chi connectivity index (χ1n) is 8.48.